The molecule has 1 aromatic heterocycles. The lowest BCUT2D eigenvalue weighted by molar-refractivity contribution is -0.763. The number of fused-ring (bicyclic) bond motifs is 3. The number of H-pyrrole nitrogens is 1. The number of nitrogens with zero attached hydrogens (tertiary/aromatic N) is 3. The van der Waals surface area contributed by atoms with Gasteiger partial charge in [-0.3, -0.25) is 14.6 Å². The summed E-state index contributed by atoms with van der Waals surface area (Å²) < 4.78 is 2.49. The molecule has 4 rings (SSSR count). The molecule has 1 aliphatic rings. The topological polar surface area (TPSA) is 69.9 Å². The van der Waals surface area contributed by atoms with Crippen LogP contribution >= 0.6 is 27.7 Å². The first-order valence-corrected chi connectivity index (χ1v) is 10.3. The van der Waals surface area contributed by atoms with Crippen LogP contribution in [-0.2, 0) is 4.79 Å². The monoisotopic (exact) mass is 443 g/mol. The molecule has 0 bridgehead atoms. The Kier molecular flexibility index (Phi) is 4.61. The molecule has 0 aliphatic carbocycles. The maximum absolute atomic E-state index is 12.9. The number of carbonyl (C=O) groups excluding carboxylic acids is 1. The predicted molar refractivity (Wildman–Crippen MR) is 108 cm³/mol. The minimum atomic E-state index is -0.573. The number of thioether (sulfide) groups is 1. The molecule has 0 spiro atoms. The molecule has 27 heavy (non-hydrogen) atoms. The molecule has 1 N–H and O–H groups in total. The van der Waals surface area contributed by atoms with Crippen LogP contribution < -0.4 is 15.1 Å². The largest absolute Gasteiger partial charge is 0.325 e. The molecule has 1 amide bonds. The van der Waals surface area contributed by atoms with Crippen LogP contribution in [0, 0.1) is 0 Å². The van der Waals surface area contributed by atoms with Crippen molar-refractivity contribution < 1.29 is 9.48 Å². The van der Waals surface area contributed by atoms with Gasteiger partial charge in [0.15, 0.2) is 0 Å². The molecule has 2 aromatic carbocycles. The fraction of sp³-hybridized carbons (Fsp3) is 0.158. The lowest BCUT2D eigenvalue weighted by Crippen LogP contribution is -2.60. The lowest BCUT2D eigenvalue weighted by atomic mass is 10.0. The number of benzene rings is 2. The van der Waals surface area contributed by atoms with Crippen molar-refractivity contribution in [3.05, 3.63) is 68.9 Å². The molecule has 0 radical (unpaired) electrons. The molecule has 0 saturated carbocycles. The van der Waals surface area contributed by atoms with Crippen LogP contribution in [-0.4, -0.2) is 22.2 Å². The molecule has 2 heterocycles. The number of para-hydroxylation sites is 1. The Morgan fingerprint density at radius 3 is 2.63 bits per heavy atom. The number of hydrogen-bond acceptors (Lipinski definition) is 4. The Morgan fingerprint density at radius 1 is 1.22 bits per heavy atom. The third kappa shape index (κ3) is 2.89. The summed E-state index contributed by atoms with van der Waals surface area (Å²) in [5, 5.41) is 5.12. The predicted octanol–water partition coefficient (Wildman–Crippen LogP) is 3.12. The van der Waals surface area contributed by atoms with E-state index in [2.05, 4.69) is 26.0 Å². The summed E-state index contributed by atoms with van der Waals surface area (Å²) >= 11 is 4.93. The molecular weight excluding hydrogens is 428 g/mol. The van der Waals surface area contributed by atoms with Crippen LogP contribution in [0.15, 0.2) is 63.0 Å². The van der Waals surface area contributed by atoms with E-state index in [0.717, 1.165) is 10.0 Å². The number of amides is 1. The summed E-state index contributed by atoms with van der Waals surface area (Å²) in [7, 11) is 0. The second-order valence-corrected chi connectivity index (χ2v) is 7.71. The van der Waals surface area contributed by atoms with E-state index in [1.165, 1.54) is 18.7 Å². The van der Waals surface area contributed by atoms with Gasteiger partial charge in [0.2, 0.25) is 11.1 Å². The Labute approximate surface area is 168 Å². The number of halogens is 1. The smallest absolute Gasteiger partial charge is 0.291 e. The standard InChI is InChI=1S/C19H15BrN4O2S/c1-11(25)23-15-10-6-4-8-13(15)16-17(26)21-19(27-2)22-24(16)18(23)12-7-3-5-9-14(12)20/h3-10,18H,1-2H3/p+1. The Balaban J connectivity index is 2.12. The maximum atomic E-state index is 12.9. The van der Waals surface area contributed by atoms with Crippen LogP contribution in [0.2, 0.25) is 0 Å². The van der Waals surface area contributed by atoms with Crippen molar-refractivity contribution in [2.24, 2.45) is 0 Å². The molecular formula is C19H16BrN4O2S+. The van der Waals surface area contributed by atoms with E-state index in [9.17, 15) is 9.59 Å². The quantitative estimate of drug-likeness (QED) is 0.487. The van der Waals surface area contributed by atoms with Crippen LogP contribution in [0.4, 0.5) is 5.69 Å². The highest BCUT2D eigenvalue weighted by atomic mass is 79.9. The number of aromatic amines is 1. The highest BCUT2D eigenvalue weighted by Gasteiger charge is 2.45. The van der Waals surface area contributed by atoms with Gasteiger partial charge in [-0.1, -0.05) is 52.0 Å². The fourth-order valence-electron chi connectivity index (χ4n) is 3.37. The zero-order valence-corrected chi connectivity index (χ0v) is 17.0. The van der Waals surface area contributed by atoms with Gasteiger partial charge < -0.3 is 0 Å². The van der Waals surface area contributed by atoms with Crippen molar-refractivity contribution in [1.82, 2.24) is 10.1 Å². The van der Waals surface area contributed by atoms with Gasteiger partial charge in [0.1, 0.15) is 0 Å². The average Bonchev–Trinajstić information content (AvgIpc) is 2.66. The summed E-state index contributed by atoms with van der Waals surface area (Å²) in [4.78, 5) is 30.1. The molecule has 0 saturated heterocycles. The van der Waals surface area contributed by atoms with E-state index in [0.29, 0.717) is 22.1 Å². The fourth-order valence-corrected chi connectivity index (χ4v) is 4.22. The number of aromatic nitrogens is 3. The van der Waals surface area contributed by atoms with E-state index in [-0.39, 0.29) is 11.5 Å². The summed E-state index contributed by atoms with van der Waals surface area (Å²) in [6, 6.07) is 15.1. The van der Waals surface area contributed by atoms with Gasteiger partial charge in [-0.15, -0.1) is 0 Å². The van der Waals surface area contributed by atoms with Crippen LogP contribution in [0.1, 0.15) is 18.7 Å². The Hall–Kier alpha value is -2.45. The molecule has 1 aliphatic heterocycles. The second-order valence-electron chi connectivity index (χ2n) is 6.06. The summed E-state index contributed by atoms with van der Waals surface area (Å²) in [5.74, 6) is -0.130. The first kappa shape index (κ1) is 17.9. The van der Waals surface area contributed by atoms with Crippen molar-refractivity contribution in [3.63, 3.8) is 0 Å². The number of hydrogen-bond donors (Lipinski definition) is 1. The van der Waals surface area contributed by atoms with E-state index in [1.54, 1.807) is 9.58 Å². The van der Waals surface area contributed by atoms with Crippen LogP contribution in [0.3, 0.4) is 0 Å². The highest BCUT2D eigenvalue weighted by molar-refractivity contribution is 9.10. The van der Waals surface area contributed by atoms with E-state index in [4.69, 9.17) is 0 Å². The summed E-state index contributed by atoms with van der Waals surface area (Å²) in [6.45, 7) is 1.52. The van der Waals surface area contributed by atoms with Crippen molar-refractivity contribution in [1.29, 1.82) is 0 Å². The van der Waals surface area contributed by atoms with Gasteiger partial charge in [-0.05, 0) is 35.2 Å². The van der Waals surface area contributed by atoms with E-state index in [1.807, 2.05) is 54.8 Å². The zero-order valence-electron chi connectivity index (χ0n) is 14.6. The zero-order chi connectivity index (χ0) is 19.1. The molecule has 6 nitrogen and oxygen atoms in total. The molecule has 3 aromatic rings. The van der Waals surface area contributed by atoms with Crippen LogP contribution in [0.25, 0.3) is 11.3 Å². The molecule has 136 valence electrons. The highest BCUT2D eigenvalue weighted by Crippen LogP contribution is 2.38. The molecule has 1 unspecified atom stereocenters. The van der Waals surface area contributed by atoms with Crippen molar-refractivity contribution >= 4 is 39.3 Å². The van der Waals surface area contributed by atoms with Gasteiger partial charge in [-0.2, -0.15) is 0 Å². The molecule has 0 fully saturated rings. The number of nitrogens with one attached hydrogen (secondary N) is 1. The number of rotatable bonds is 2. The SMILES string of the molecule is CSc1n[n+]2c(c(=O)[nH]1)-c1ccccc1N(C(C)=O)C2c1ccccc1Br. The first-order valence-electron chi connectivity index (χ1n) is 8.26. The van der Waals surface area contributed by atoms with Crippen molar-refractivity contribution in [2.75, 3.05) is 11.2 Å². The number of carbonyl (C=O) groups is 1. The third-order valence-electron chi connectivity index (χ3n) is 4.47. The number of anilines is 1. The van der Waals surface area contributed by atoms with Gasteiger partial charge >= 0.3 is 11.3 Å². The van der Waals surface area contributed by atoms with Gasteiger partial charge in [0, 0.05) is 16.5 Å². The lowest BCUT2D eigenvalue weighted by Gasteiger charge is -2.31. The van der Waals surface area contributed by atoms with E-state index < -0.39 is 6.17 Å². The molecule has 8 heteroatoms. The van der Waals surface area contributed by atoms with Gasteiger partial charge in [0.05, 0.1) is 16.8 Å². The average molecular weight is 444 g/mol. The van der Waals surface area contributed by atoms with E-state index >= 15 is 0 Å². The second kappa shape index (κ2) is 6.94. The van der Waals surface area contributed by atoms with Crippen molar-refractivity contribution in [2.45, 2.75) is 18.2 Å². The molecule has 1 atom stereocenters. The third-order valence-corrected chi connectivity index (χ3v) is 5.77. The normalized spacial score (nSPS) is 15.2. The summed E-state index contributed by atoms with van der Waals surface area (Å²) in [5.41, 5.74) is 2.41. The minimum absolute atomic E-state index is 0.130. The minimum Gasteiger partial charge on any atom is -0.291 e. The van der Waals surface area contributed by atoms with Gasteiger partial charge in [0.25, 0.3) is 6.17 Å². The maximum Gasteiger partial charge on any atom is 0.325 e. The first-order chi connectivity index (χ1) is 13.0. The summed E-state index contributed by atoms with van der Waals surface area (Å²) in [6.07, 6.45) is 1.27. The Morgan fingerprint density at radius 2 is 1.93 bits per heavy atom. The Bertz CT molecular complexity index is 1110. The van der Waals surface area contributed by atoms with Crippen molar-refractivity contribution in [3.8, 4) is 11.3 Å². The van der Waals surface area contributed by atoms with Gasteiger partial charge in [-0.25, -0.2) is 4.90 Å². The van der Waals surface area contributed by atoms with Crippen LogP contribution in [0.5, 0.6) is 0 Å².